The van der Waals surface area contributed by atoms with Gasteiger partial charge in [-0.3, -0.25) is 19.2 Å². The van der Waals surface area contributed by atoms with E-state index < -0.39 is 54.8 Å². The summed E-state index contributed by atoms with van der Waals surface area (Å²) in [5.41, 5.74) is 6.29. The Balaban J connectivity index is 0.870. The number of nitrogens with one attached hydrogen (secondary N) is 3. The number of alkyl halides is 2. The molecule has 3 aliphatic heterocycles. The standard InChI is InChI=1S/C38H36F2N6O6/c39-38(40)16-24(17-41)46(21-38)36(50)32-14-23(34(48)44-32)15-33(47)45-18-22-6-5-11-29(30(22)19-45)35(49)42-12-13-43-37(51)52-20-31-27-9-3-1-7-25(27)26-8-2-4-10-28(26)31/h1-11,23-24,31-32H,12-16,18-21H2,(H,42,49)(H,43,51)(H,44,48)/t23-,24-,32?/m0/s1. The van der Waals surface area contributed by atoms with Crippen LogP contribution in [0.3, 0.4) is 0 Å². The molecule has 1 aliphatic carbocycles. The second-order valence-electron chi connectivity index (χ2n) is 13.6. The van der Waals surface area contributed by atoms with Crippen LogP contribution in [0.2, 0.25) is 0 Å². The number of nitrogens with zero attached hydrogens (tertiary/aromatic N) is 3. The lowest BCUT2D eigenvalue weighted by atomic mass is 9.98. The average Bonchev–Trinajstić information content (AvgIpc) is 3.90. The maximum atomic E-state index is 13.9. The van der Waals surface area contributed by atoms with Gasteiger partial charge in [-0.25, -0.2) is 13.6 Å². The third-order valence-electron chi connectivity index (χ3n) is 10.2. The Kier molecular flexibility index (Phi) is 9.35. The molecule has 2 saturated heterocycles. The highest BCUT2D eigenvalue weighted by Crippen LogP contribution is 2.44. The number of nitriles is 1. The lowest BCUT2D eigenvalue weighted by molar-refractivity contribution is -0.135. The van der Waals surface area contributed by atoms with Gasteiger partial charge in [-0.1, -0.05) is 60.7 Å². The van der Waals surface area contributed by atoms with Crippen molar-refractivity contribution in [1.82, 2.24) is 25.8 Å². The molecule has 2 fully saturated rings. The van der Waals surface area contributed by atoms with Crippen molar-refractivity contribution in [2.24, 2.45) is 5.92 Å². The SMILES string of the molecule is N#C[C@@H]1CC(F)(F)CN1C(=O)C1C[C@@H](CC(=O)N2Cc3cccc(C(=O)NCCNC(=O)OCC4c5ccccc5-c5ccccc54)c3C2)C(=O)N1. The molecule has 3 N–H and O–H groups in total. The van der Waals surface area contributed by atoms with Crippen molar-refractivity contribution in [1.29, 1.82) is 5.26 Å². The molecule has 1 unspecified atom stereocenters. The van der Waals surface area contributed by atoms with Gasteiger partial charge in [0.15, 0.2) is 0 Å². The number of hydrogen-bond acceptors (Lipinski definition) is 7. The van der Waals surface area contributed by atoms with Gasteiger partial charge in [0, 0.05) is 56.4 Å². The highest BCUT2D eigenvalue weighted by Gasteiger charge is 2.50. The monoisotopic (exact) mass is 710 g/mol. The molecule has 0 spiro atoms. The second kappa shape index (κ2) is 14.1. The van der Waals surface area contributed by atoms with Crippen LogP contribution in [0.5, 0.6) is 0 Å². The molecule has 7 rings (SSSR count). The number of hydrogen-bond donors (Lipinski definition) is 3. The smallest absolute Gasteiger partial charge is 0.407 e. The van der Waals surface area contributed by atoms with Gasteiger partial charge in [0.05, 0.1) is 12.6 Å². The summed E-state index contributed by atoms with van der Waals surface area (Å²) in [4.78, 5) is 66.9. The molecule has 0 aromatic heterocycles. The maximum absolute atomic E-state index is 13.9. The predicted octanol–water partition coefficient (Wildman–Crippen LogP) is 3.45. The summed E-state index contributed by atoms with van der Waals surface area (Å²) in [6.45, 7) is -0.0919. The minimum absolute atomic E-state index is 0.0534. The average molecular weight is 711 g/mol. The van der Waals surface area contributed by atoms with E-state index >= 15 is 0 Å². The summed E-state index contributed by atoms with van der Waals surface area (Å²) in [5.74, 6) is -6.13. The summed E-state index contributed by atoms with van der Waals surface area (Å²) in [5, 5.41) is 17.2. The minimum Gasteiger partial charge on any atom is -0.449 e. The van der Waals surface area contributed by atoms with E-state index in [4.69, 9.17) is 4.74 Å². The second-order valence-corrected chi connectivity index (χ2v) is 13.6. The van der Waals surface area contributed by atoms with Crippen LogP contribution in [0.25, 0.3) is 11.1 Å². The molecule has 12 nitrogen and oxygen atoms in total. The Labute approximate surface area is 298 Å². The van der Waals surface area contributed by atoms with E-state index in [9.17, 15) is 38.0 Å². The quantitative estimate of drug-likeness (QED) is 0.287. The van der Waals surface area contributed by atoms with Crippen LogP contribution < -0.4 is 16.0 Å². The van der Waals surface area contributed by atoms with Crippen LogP contribution in [0, 0.1) is 17.2 Å². The fourth-order valence-electron chi connectivity index (χ4n) is 7.68. The number of likely N-dealkylation sites (tertiary alicyclic amines) is 1. The Bertz CT molecular complexity index is 1950. The van der Waals surface area contributed by atoms with Crippen LogP contribution >= 0.6 is 0 Å². The van der Waals surface area contributed by atoms with E-state index in [1.807, 2.05) is 42.5 Å². The van der Waals surface area contributed by atoms with Gasteiger partial charge >= 0.3 is 6.09 Å². The van der Waals surface area contributed by atoms with E-state index in [1.165, 1.54) is 4.90 Å². The zero-order chi connectivity index (χ0) is 36.6. The number of alkyl carbamates (subject to hydrolysis) is 1. The number of fused-ring (bicyclic) bond motifs is 4. The van der Waals surface area contributed by atoms with Crippen molar-refractivity contribution in [2.45, 2.75) is 56.3 Å². The molecule has 3 heterocycles. The Morgan fingerprint density at radius 1 is 0.942 bits per heavy atom. The molecule has 0 bridgehead atoms. The molecule has 3 atom stereocenters. The van der Waals surface area contributed by atoms with Gasteiger partial charge in [0.1, 0.15) is 18.7 Å². The first-order valence-corrected chi connectivity index (χ1v) is 17.2. The summed E-state index contributed by atoms with van der Waals surface area (Å²) < 4.78 is 33.3. The Morgan fingerprint density at radius 3 is 2.35 bits per heavy atom. The first-order valence-electron chi connectivity index (χ1n) is 17.2. The van der Waals surface area contributed by atoms with Crippen LogP contribution in [0.4, 0.5) is 13.6 Å². The largest absolute Gasteiger partial charge is 0.449 e. The fourth-order valence-corrected chi connectivity index (χ4v) is 7.68. The lowest BCUT2D eigenvalue weighted by Gasteiger charge is -2.22. The Morgan fingerprint density at radius 2 is 1.63 bits per heavy atom. The zero-order valence-electron chi connectivity index (χ0n) is 28.1. The number of benzene rings is 3. The predicted molar refractivity (Wildman–Crippen MR) is 181 cm³/mol. The van der Waals surface area contributed by atoms with Gasteiger partial charge in [0.2, 0.25) is 17.7 Å². The van der Waals surface area contributed by atoms with E-state index in [0.29, 0.717) is 11.1 Å². The highest BCUT2D eigenvalue weighted by atomic mass is 19.3. The van der Waals surface area contributed by atoms with Gasteiger partial charge in [0.25, 0.3) is 11.8 Å². The lowest BCUT2D eigenvalue weighted by Crippen LogP contribution is -2.46. The van der Waals surface area contributed by atoms with Crippen molar-refractivity contribution in [3.05, 3.63) is 94.5 Å². The first-order chi connectivity index (χ1) is 25.0. The Hall–Kier alpha value is -5.84. The zero-order valence-corrected chi connectivity index (χ0v) is 28.1. The molecule has 3 aromatic carbocycles. The number of amides is 5. The molecule has 52 heavy (non-hydrogen) atoms. The molecule has 0 radical (unpaired) electrons. The maximum Gasteiger partial charge on any atom is 0.407 e. The van der Waals surface area contributed by atoms with Gasteiger partial charge < -0.3 is 30.5 Å². The molecule has 0 saturated carbocycles. The first kappa shape index (κ1) is 34.6. The molecule has 4 aliphatic rings. The van der Waals surface area contributed by atoms with E-state index in [2.05, 4.69) is 28.1 Å². The van der Waals surface area contributed by atoms with E-state index in [-0.39, 0.29) is 63.4 Å². The van der Waals surface area contributed by atoms with Crippen molar-refractivity contribution >= 4 is 29.7 Å². The van der Waals surface area contributed by atoms with Gasteiger partial charge in [-0.15, -0.1) is 0 Å². The third kappa shape index (κ3) is 6.78. The minimum atomic E-state index is -3.18. The number of halogens is 2. The van der Waals surface area contributed by atoms with Gasteiger partial charge in [-0.2, -0.15) is 5.26 Å². The highest BCUT2D eigenvalue weighted by molar-refractivity contribution is 5.97. The van der Waals surface area contributed by atoms with Gasteiger partial charge in [-0.05, 0) is 45.9 Å². The number of ether oxygens (including phenoxy) is 1. The molecule has 14 heteroatoms. The van der Waals surface area contributed by atoms with Crippen LogP contribution in [-0.2, 0) is 32.2 Å². The van der Waals surface area contributed by atoms with E-state index in [0.717, 1.165) is 32.7 Å². The normalized spacial score (nSPS) is 21.1. The van der Waals surface area contributed by atoms with Crippen LogP contribution in [0.1, 0.15) is 57.8 Å². The molecule has 5 amide bonds. The molecule has 3 aromatic rings. The van der Waals surface area contributed by atoms with E-state index in [1.54, 1.807) is 18.2 Å². The van der Waals surface area contributed by atoms with Crippen LogP contribution in [0.15, 0.2) is 66.7 Å². The summed E-state index contributed by atoms with van der Waals surface area (Å²) in [6, 6.07) is 20.6. The van der Waals surface area contributed by atoms with Crippen molar-refractivity contribution in [3.63, 3.8) is 0 Å². The number of rotatable bonds is 9. The third-order valence-corrected chi connectivity index (χ3v) is 10.2. The molecular formula is C38H36F2N6O6. The van der Waals surface area contributed by atoms with Crippen molar-refractivity contribution in [2.75, 3.05) is 26.2 Å². The van der Waals surface area contributed by atoms with Crippen molar-refractivity contribution in [3.8, 4) is 17.2 Å². The van der Waals surface area contributed by atoms with Crippen molar-refractivity contribution < 1.29 is 37.5 Å². The molecular weight excluding hydrogens is 674 g/mol. The number of carbonyl (C=O) groups excluding carboxylic acids is 5. The molecule has 268 valence electrons. The summed E-state index contributed by atoms with van der Waals surface area (Å²) in [7, 11) is 0. The summed E-state index contributed by atoms with van der Waals surface area (Å²) in [6.07, 6.45) is -1.61. The summed E-state index contributed by atoms with van der Waals surface area (Å²) >= 11 is 0. The van der Waals surface area contributed by atoms with Crippen LogP contribution in [-0.4, -0.2) is 83.8 Å². The fraction of sp³-hybridized carbons (Fsp3) is 0.368. The number of carbonyl (C=O) groups is 5. The topological polar surface area (TPSA) is 161 Å².